The Morgan fingerprint density at radius 1 is 1.21 bits per heavy atom. The van der Waals surface area contributed by atoms with Crippen LogP contribution in [0.15, 0.2) is 12.1 Å². The SMILES string of the molecule is CC[C@]12C[C@H]([C@](C)(O)C(C)(C)C)C(OC)[C@@H]3Oc4c(O)ccc5c4[C@@]31CCN(CC1CC1)[C@@H]2C5. The molecule has 1 unspecified atom stereocenters. The maximum atomic E-state index is 12.1. The van der Waals surface area contributed by atoms with Crippen molar-refractivity contribution < 1.29 is 19.7 Å². The van der Waals surface area contributed by atoms with Crippen LogP contribution in [0.5, 0.6) is 11.5 Å². The first-order chi connectivity index (χ1) is 16.0. The van der Waals surface area contributed by atoms with Crippen molar-refractivity contribution in [2.45, 2.75) is 102 Å². The van der Waals surface area contributed by atoms with Crippen molar-refractivity contribution in [3.8, 4) is 11.5 Å². The van der Waals surface area contributed by atoms with Crippen molar-refractivity contribution in [3.63, 3.8) is 0 Å². The molecule has 6 rings (SSSR count). The molecule has 3 fully saturated rings. The molecule has 2 saturated carbocycles. The highest BCUT2D eigenvalue weighted by atomic mass is 16.5. The van der Waals surface area contributed by atoms with Gasteiger partial charge in [0.1, 0.15) is 12.2 Å². The standard InChI is InChI=1S/C29H43NO4/c1-7-28-15-19(27(5,32)26(2,3)4)23(33-6)25-29(28)12-13-30(16-17-8-9-17)21(28)14-18-10-11-20(31)24(34-25)22(18)29/h10-11,17,19,21,23,25,31-32H,7-9,12-16H2,1-6H3/t19-,21+,23?,25-,27-,28+,29-/m0/s1. The third-order valence-corrected chi connectivity index (χ3v) is 11.2. The van der Waals surface area contributed by atoms with E-state index in [4.69, 9.17) is 9.47 Å². The van der Waals surface area contributed by atoms with Gasteiger partial charge in [-0.15, -0.1) is 0 Å². The number of methoxy groups -OCH3 is 1. The number of phenols is 1. The van der Waals surface area contributed by atoms with E-state index in [1.165, 1.54) is 30.5 Å². The smallest absolute Gasteiger partial charge is 0.165 e. The van der Waals surface area contributed by atoms with Crippen LogP contribution in [0.25, 0.3) is 0 Å². The summed E-state index contributed by atoms with van der Waals surface area (Å²) >= 11 is 0. The molecule has 0 radical (unpaired) electrons. The minimum atomic E-state index is -0.923. The first-order valence-corrected chi connectivity index (χ1v) is 13.5. The molecule has 0 amide bonds. The number of ether oxygens (including phenoxy) is 2. The Balaban J connectivity index is 1.58. The summed E-state index contributed by atoms with van der Waals surface area (Å²) in [5.41, 5.74) is 1.18. The Labute approximate surface area is 204 Å². The minimum Gasteiger partial charge on any atom is -0.504 e. The molecular formula is C29H43NO4. The van der Waals surface area contributed by atoms with Gasteiger partial charge >= 0.3 is 0 Å². The number of aromatic hydroxyl groups is 1. The van der Waals surface area contributed by atoms with Crippen LogP contribution in [-0.4, -0.2) is 59.2 Å². The summed E-state index contributed by atoms with van der Waals surface area (Å²) in [6, 6.07) is 4.40. The summed E-state index contributed by atoms with van der Waals surface area (Å²) in [6.07, 6.45) is 6.29. The Kier molecular flexibility index (Phi) is 4.85. The maximum Gasteiger partial charge on any atom is 0.165 e. The Bertz CT molecular complexity index is 995. The number of likely N-dealkylation sites (tertiary alicyclic amines) is 1. The van der Waals surface area contributed by atoms with Crippen molar-refractivity contribution in [2.75, 3.05) is 20.2 Å². The second kappa shape index (κ2) is 7.14. The van der Waals surface area contributed by atoms with E-state index >= 15 is 0 Å². The lowest BCUT2D eigenvalue weighted by atomic mass is 9.39. The zero-order valence-corrected chi connectivity index (χ0v) is 21.9. The molecule has 3 aliphatic carbocycles. The van der Waals surface area contributed by atoms with Crippen LogP contribution in [0.3, 0.4) is 0 Å². The van der Waals surface area contributed by atoms with Crippen LogP contribution in [-0.2, 0) is 16.6 Å². The number of aliphatic hydroxyl groups is 1. The van der Waals surface area contributed by atoms with Crippen molar-refractivity contribution in [2.24, 2.45) is 22.7 Å². The zero-order valence-electron chi connectivity index (χ0n) is 21.9. The molecule has 0 aromatic heterocycles. The maximum absolute atomic E-state index is 12.1. The van der Waals surface area contributed by atoms with E-state index in [-0.39, 0.29) is 40.1 Å². The lowest BCUT2D eigenvalue weighted by Crippen LogP contribution is -2.76. The number of phenolic OH excluding ortho intramolecular Hbond substituents is 1. The van der Waals surface area contributed by atoms with E-state index < -0.39 is 5.60 Å². The predicted molar refractivity (Wildman–Crippen MR) is 132 cm³/mol. The average molecular weight is 470 g/mol. The van der Waals surface area contributed by atoms with Crippen LogP contribution in [0.1, 0.15) is 77.8 Å². The largest absolute Gasteiger partial charge is 0.504 e. The molecule has 5 aliphatic rings. The Morgan fingerprint density at radius 3 is 2.56 bits per heavy atom. The first kappa shape index (κ1) is 23.1. The van der Waals surface area contributed by atoms with Crippen LogP contribution in [0, 0.1) is 22.7 Å². The normalized spacial score (nSPS) is 40.4. The monoisotopic (exact) mass is 469 g/mol. The number of hydrogen-bond donors (Lipinski definition) is 2. The van der Waals surface area contributed by atoms with Crippen LogP contribution >= 0.6 is 0 Å². The summed E-state index contributed by atoms with van der Waals surface area (Å²) in [7, 11) is 1.78. The fourth-order valence-electron chi connectivity index (χ4n) is 8.76. The average Bonchev–Trinajstić information content (AvgIpc) is 3.53. The van der Waals surface area contributed by atoms with Crippen molar-refractivity contribution in [1.82, 2.24) is 4.90 Å². The predicted octanol–water partition coefficient (Wildman–Crippen LogP) is 4.66. The van der Waals surface area contributed by atoms with Gasteiger partial charge in [0.2, 0.25) is 0 Å². The van der Waals surface area contributed by atoms with E-state index in [0.717, 1.165) is 38.1 Å². The summed E-state index contributed by atoms with van der Waals surface area (Å²) in [5, 5.41) is 23.0. The fraction of sp³-hybridized carbons (Fsp3) is 0.793. The molecule has 1 aromatic carbocycles. The van der Waals surface area contributed by atoms with Gasteiger partial charge in [-0.3, -0.25) is 4.90 Å². The molecular weight excluding hydrogens is 426 g/mol. The zero-order chi connectivity index (χ0) is 24.3. The molecule has 1 spiro atoms. The quantitative estimate of drug-likeness (QED) is 0.657. The van der Waals surface area contributed by atoms with Crippen molar-refractivity contribution in [1.29, 1.82) is 0 Å². The molecule has 1 aromatic rings. The highest BCUT2D eigenvalue weighted by molar-refractivity contribution is 5.62. The molecule has 2 heterocycles. The summed E-state index contributed by atoms with van der Waals surface area (Å²) in [5.74, 6) is 1.73. The van der Waals surface area contributed by atoms with Gasteiger partial charge in [-0.05, 0) is 80.4 Å². The fourth-order valence-corrected chi connectivity index (χ4v) is 8.76. The van der Waals surface area contributed by atoms with Crippen molar-refractivity contribution in [3.05, 3.63) is 23.3 Å². The molecule has 1 saturated heterocycles. The van der Waals surface area contributed by atoms with Gasteiger partial charge in [-0.25, -0.2) is 0 Å². The van der Waals surface area contributed by atoms with Gasteiger partial charge < -0.3 is 19.7 Å². The number of nitrogens with zero attached hydrogens (tertiary/aromatic N) is 1. The topological polar surface area (TPSA) is 62.2 Å². The van der Waals surface area contributed by atoms with Gasteiger partial charge in [0.15, 0.2) is 11.5 Å². The van der Waals surface area contributed by atoms with E-state index in [1.807, 2.05) is 13.0 Å². The van der Waals surface area contributed by atoms with Gasteiger partial charge in [-0.1, -0.05) is 33.8 Å². The Morgan fingerprint density at radius 2 is 1.94 bits per heavy atom. The van der Waals surface area contributed by atoms with Gasteiger partial charge in [-0.2, -0.15) is 0 Å². The molecule has 2 aliphatic heterocycles. The first-order valence-electron chi connectivity index (χ1n) is 13.5. The van der Waals surface area contributed by atoms with E-state index in [9.17, 15) is 10.2 Å². The van der Waals surface area contributed by atoms with E-state index in [2.05, 4.69) is 38.7 Å². The van der Waals surface area contributed by atoms with E-state index in [1.54, 1.807) is 7.11 Å². The third kappa shape index (κ3) is 2.67. The minimum absolute atomic E-state index is 0.0220. The molecule has 188 valence electrons. The lowest BCUT2D eigenvalue weighted by molar-refractivity contribution is -0.237. The summed E-state index contributed by atoms with van der Waals surface area (Å²) in [4.78, 5) is 2.80. The highest BCUT2D eigenvalue weighted by Gasteiger charge is 2.75. The summed E-state index contributed by atoms with van der Waals surface area (Å²) in [6.45, 7) is 13.1. The second-order valence-corrected chi connectivity index (χ2v) is 13.3. The third-order valence-electron chi connectivity index (χ3n) is 11.2. The number of piperidine rings is 1. The van der Waals surface area contributed by atoms with Crippen LogP contribution < -0.4 is 4.74 Å². The molecule has 2 bridgehead atoms. The summed E-state index contributed by atoms with van der Waals surface area (Å²) < 4.78 is 13.1. The highest BCUT2D eigenvalue weighted by Crippen LogP contribution is 2.72. The lowest BCUT2D eigenvalue weighted by Gasteiger charge is -2.69. The van der Waals surface area contributed by atoms with Crippen molar-refractivity contribution >= 4 is 0 Å². The molecule has 2 N–H and O–H groups in total. The van der Waals surface area contributed by atoms with Gasteiger partial charge in [0.05, 0.1) is 5.60 Å². The molecule has 5 heteroatoms. The molecule has 7 atom stereocenters. The van der Waals surface area contributed by atoms with Gasteiger partial charge in [0, 0.05) is 36.6 Å². The second-order valence-electron chi connectivity index (χ2n) is 13.3. The van der Waals surface area contributed by atoms with Crippen LogP contribution in [0.4, 0.5) is 0 Å². The Hall–Kier alpha value is -1.30. The molecule has 5 nitrogen and oxygen atoms in total. The number of rotatable bonds is 5. The number of hydrogen-bond acceptors (Lipinski definition) is 5. The van der Waals surface area contributed by atoms with E-state index in [0.29, 0.717) is 11.8 Å². The van der Waals surface area contributed by atoms with Gasteiger partial charge in [0.25, 0.3) is 0 Å². The number of benzene rings is 1. The molecule has 34 heavy (non-hydrogen) atoms. The van der Waals surface area contributed by atoms with Crippen LogP contribution in [0.2, 0.25) is 0 Å².